The first kappa shape index (κ1) is 13.1. The minimum absolute atomic E-state index is 0.248. The molecule has 1 aliphatic rings. The summed E-state index contributed by atoms with van der Waals surface area (Å²) in [6, 6.07) is 4.95. The Bertz CT molecular complexity index is 462. The van der Waals surface area contributed by atoms with Crippen molar-refractivity contribution in [1.82, 2.24) is 5.32 Å². The lowest BCUT2D eigenvalue weighted by atomic mass is 9.87. The van der Waals surface area contributed by atoms with E-state index in [1.54, 1.807) is 6.92 Å². The van der Waals surface area contributed by atoms with Crippen LogP contribution in [0, 0.1) is 0 Å². The van der Waals surface area contributed by atoms with Crippen molar-refractivity contribution in [3.63, 3.8) is 0 Å². The molecule has 1 atom stereocenters. The fourth-order valence-electron chi connectivity index (χ4n) is 2.31. The Morgan fingerprint density at radius 2 is 2.00 bits per heavy atom. The quantitative estimate of drug-likeness (QED) is 0.825. The van der Waals surface area contributed by atoms with E-state index in [4.69, 9.17) is 0 Å². The molecule has 0 aromatic heterocycles. The van der Waals surface area contributed by atoms with Gasteiger partial charge in [-0.1, -0.05) is 18.2 Å². The van der Waals surface area contributed by atoms with Crippen molar-refractivity contribution in [2.45, 2.75) is 31.5 Å². The van der Waals surface area contributed by atoms with E-state index in [9.17, 15) is 18.0 Å². The topological polar surface area (TPSA) is 29.1 Å². The number of carbonyl (C=O) groups excluding carboxylic acids is 1. The van der Waals surface area contributed by atoms with Crippen LogP contribution in [0.25, 0.3) is 0 Å². The molecule has 2 rings (SSSR count). The van der Waals surface area contributed by atoms with Crippen LogP contribution in [-0.4, -0.2) is 17.9 Å². The van der Waals surface area contributed by atoms with Crippen LogP contribution in [0.5, 0.6) is 0 Å². The summed E-state index contributed by atoms with van der Waals surface area (Å²) < 4.78 is 38.5. The number of benzene rings is 1. The third-order valence-electron chi connectivity index (χ3n) is 3.35. The molecule has 98 valence electrons. The maximum Gasteiger partial charge on any atom is 0.417 e. The third kappa shape index (κ3) is 2.27. The lowest BCUT2D eigenvalue weighted by Crippen LogP contribution is -2.45. The average molecular weight is 257 g/mol. The normalized spacial score (nSPS) is 24.2. The van der Waals surface area contributed by atoms with E-state index < -0.39 is 23.1 Å². The Labute approximate surface area is 103 Å². The molecule has 5 heteroatoms. The molecule has 1 unspecified atom stereocenters. The highest BCUT2D eigenvalue weighted by atomic mass is 19.4. The van der Waals surface area contributed by atoms with E-state index in [1.807, 2.05) is 0 Å². The highest BCUT2D eigenvalue weighted by Crippen LogP contribution is 2.34. The van der Waals surface area contributed by atoms with Crippen molar-refractivity contribution in [2.24, 2.45) is 0 Å². The number of alkyl halides is 3. The fraction of sp³-hybridized carbons (Fsp3) is 0.462. The van der Waals surface area contributed by atoms with Crippen molar-refractivity contribution in [1.29, 1.82) is 0 Å². The largest absolute Gasteiger partial charge is 0.417 e. The van der Waals surface area contributed by atoms with Gasteiger partial charge in [-0.3, -0.25) is 4.79 Å². The van der Waals surface area contributed by atoms with Gasteiger partial charge in [0.15, 0.2) is 5.78 Å². The van der Waals surface area contributed by atoms with Crippen LogP contribution in [-0.2, 0) is 6.18 Å². The van der Waals surface area contributed by atoms with Gasteiger partial charge in [0.2, 0.25) is 0 Å². The van der Waals surface area contributed by atoms with Crippen LogP contribution in [0.2, 0.25) is 0 Å². The van der Waals surface area contributed by atoms with Crippen molar-refractivity contribution in [3.8, 4) is 0 Å². The number of halogens is 3. The number of hydrogen-bond donors (Lipinski definition) is 1. The number of ketones is 1. The SMILES string of the molecule is CC1(C(=O)c2ccccc2C(F)(F)F)CCCN1. The maximum atomic E-state index is 12.8. The number of Topliss-reactive ketones (excluding diaryl/α,β-unsaturated/α-hetero) is 1. The van der Waals surface area contributed by atoms with E-state index in [2.05, 4.69) is 5.32 Å². The molecule has 0 saturated carbocycles. The van der Waals surface area contributed by atoms with E-state index in [1.165, 1.54) is 18.2 Å². The summed E-state index contributed by atoms with van der Waals surface area (Å²) in [5.41, 5.74) is -1.98. The van der Waals surface area contributed by atoms with Crippen LogP contribution in [0.4, 0.5) is 13.2 Å². The Balaban J connectivity index is 2.42. The molecule has 0 bridgehead atoms. The van der Waals surface area contributed by atoms with Gasteiger partial charge in [0.25, 0.3) is 0 Å². The second-order valence-electron chi connectivity index (χ2n) is 4.73. The summed E-state index contributed by atoms with van der Waals surface area (Å²) >= 11 is 0. The van der Waals surface area contributed by atoms with Crippen LogP contribution < -0.4 is 5.32 Å². The van der Waals surface area contributed by atoms with Gasteiger partial charge in [-0.05, 0) is 32.4 Å². The molecule has 1 N–H and O–H groups in total. The van der Waals surface area contributed by atoms with Gasteiger partial charge in [0.1, 0.15) is 0 Å². The van der Waals surface area contributed by atoms with Gasteiger partial charge < -0.3 is 5.32 Å². The summed E-state index contributed by atoms with van der Waals surface area (Å²) in [5.74, 6) is -0.479. The minimum Gasteiger partial charge on any atom is -0.305 e. The Kier molecular flexibility index (Phi) is 3.19. The van der Waals surface area contributed by atoms with Gasteiger partial charge in [0.05, 0.1) is 11.1 Å². The summed E-state index contributed by atoms with van der Waals surface area (Å²) in [7, 11) is 0. The molecule has 1 fully saturated rings. The molecule has 1 aromatic rings. The molecule has 1 saturated heterocycles. The van der Waals surface area contributed by atoms with E-state index >= 15 is 0 Å². The van der Waals surface area contributed by atoms with Crippen molar-refractivity contribution in [3.05, 3.63) is 35.4 Å². The standard InChI is InChI=1S/C13H14F3NO/c1-12(7-4-8-17-12)11(18)9-5-2-3-6-10(9)13(14,15)16/h2-3,5-6,17H,4,7-8H2,1H3. The van der Waals surface area contributed by atoms with E-state index in [0.29, 0.717) is 13.0 Å². The molecule has 2 nitrogen and oxygen atoms in total. The van der Waals surface area contributed by atoms with Crippen LogP contribution in [0.15, 0.2) is 24.3 Å². The minimum atomic E-state index is -4.50. The number of carbonyl (C=O) groups is 1. The first-order valence-corrected chi connectivity index (χ1v) is 5.81. The van der Waals surface area contributed by atoms with Gasteiger partial charge in [-0.15, -0.1) is 0 Å². The zero-order valence-electron chi connectivity index (χ0n) is 9.97. The van der Waals surface area contributed by atoms with Crippen molar-refractivity contribution >= 4 is 5.78 Å². The lowest BCUT2D eigenvalue weighted by molar-refractivity contribution is -0.137. The molecular formula is C13H14F3NO. The second kappa shape index (κ2) is 4.39. The van der Waals surface area contributed by atoms with Gasteiger partial charge in [0, 0.05) is 5.56 Å². The Morgan fingerprint density at radius 1 is 1.33 bits per heavy atom. The molecule has 1 heterocycles. The molecular weight excluding hydrogens is 243 g/mol. The second-order valence-corrected chi connectivity index (χ2v) is 4.73. The monoisotopic (exact) mass is 257 g/mol. The third-order valence-corrected chi connectivity index (χ3v) is 3.35. The zero-order chi connectivity index (χ0) is 13.4. The highest BCUT2D eigenvalue weighted by molar-refractivity contribution is 6.04. The fourth-order valence-corrected chi connectivity index (χ4v) is 2.31. The lowest BCUT2D eigenvalue weighted by Gasteiger charge is -2.24. The zero-order valence-corrected chi connectivity index (χ0v) is 9.97. The molecule has 0 spiro atoms. The summed E-state index contributed by atoms with van der Waals surface area (Å²) in [4.78, 5) is 12.3. The first-order valence-electron chi connectivity index (χ1n) is 5.81. The van der Waals surface area contributed by atoms with Crippen LogP contribution in [0.1, 0.15) is 35.7 Å². The molecule has 0 radical (unpaired) electrons. The number of nitrogens with one attached hydrogen (secondary N) is 1. The van der Waals surface area contributed by atoms with E-state index in [0.717, 1.165) is 12.5 Å². The number of hydrogen-bond acceptors (Lipinski definition) is 2. The van der Waals surface area contributed by atoms with Crippen molar-refractivity contribution < 1.29 is 18.0 Å². The van der Waals surface area contributed by atoms with Gasteiger partial charge >= 0.3 is 6.18 Å². The summed E-state index contributed by atoms with van der Waals surface area (Å²) in [6.07, 6.45) is -3.13. The van der Waals surface area contributed by atoms with Gasteiger partial charge in [-0.2, -0.15) is 13.2 Å². The Morgan fingerprint density at radius 3 is 2.56 bits per heavy atom. The van der Waals surface area contributed by atoms with Gasteiger partial charge in [-0.25, -0.2) is 0 Å². The Hall–Kier alpha value is -1.36. The summed E-state index contributed by atoms with van der Waals surface area (Å²) in [5, 5.41) is 2.99. The summed E-state index contributed by atoms with van der Waals surface area (Å²) in [6.45, 7) is 2.33. The van der Waals surface area contributed by atoms with Crippen LogP contribution in [0.3, 0.4) is 0 Å². The smallest absolute Gasteiger partial charge is 0.305 e. The molecule has 1 aromatic carbocycles. The molecule has 1 aliphatic heterocycles. The predicted octanol–water partition coefficient (Wildman–Crippen LogP) is 3.03. The average Bonchev–Trinajstić information content (AvgIpc) is 2.75. The number of rotatable bonds is 2. The highest BCUT2D eigenvalue weighted by Gasteiger charge is 2.41. The first-order chi connectivity index (χ1) is 8.34. The van der Waals surface area contributed by atoms with Crippen molar-refractivity contribution in [2.75, 3.05) is 6.54 Å². The predicted molar refractivity (Wildman–Crippen MR) is 61.4 cm³/mol. The maximum absolute atomic E-state index is 12.8. The molecule has 18 heavy (non-hydrogen) atoms. The molecule has 0 aliphatic carbocycles. The molecule has 0 amide bonds. The van der Waals surface area contributed by atoms with E-state index in [-0.39, 0.29) is 5.56 Å². The van der Waals surface area contributed by atoms with Crippen LogP contribution >= 0.6 is 0 Å².